The van der Waals surface area contributed by atoms with Crippen molar-refractivity contribution in [3.8, 4) is 28.6 Å². The summed E-state index contributed by atoms with van der Waals surface area (Å²) >= 11 is 0. The van der Waals surface area contributed by atoms with Crippen LogP contribution < -0.4 is 19.1 Å². The zero-order valence-corrected chi connectivity index (χ0v) is 33.8. The summed E-state index contributed by atoms with van der Waals surface area (Å²) in [5.74, 6) is -0.691. The normalized spacial score (nSPS) is 13.0. The third kappa shape index (κ3) is 12.7. The van der Waals surface area contributed by atoms with Crippen molar-refractivity contribution in [1.82, 2.24) is 30.2 Å². The summed E-state index contributed by atoms with van der Waals surface area (Å²) in [7, 11) is -7.36. The summed E-state index contributed by atoms with van der Waals surface area (Å²) in [5.41, 5.74) is -1.18. The lowest BCUT2D eigenvalue weighted by Crippen LogP contribution is -2.39. The molecule has 4 aromatic carbocycles. The second kappa shape index (κ2) is 21.5. The van der Waals surface area contributed by atoms with Crippen LogP contribution in [0.15, 0.2) is 109 Å². The van der Waals surface area contributed by atoms with Crippen LogP contribution in [-0.4, -0.2) is 99.4 Å². The van der Waals surface area contributed by atoms with Gasteiger partial charge in [-0.2, -0.15) is 26.7 Å². The molecule has 0 radical (unpaired) electrons. The molecule has 22 heteroatoms. The minimum Gasteiger partial charge on any atom is -0.484 e. The number of alkyl halides is 3. The topological polar surface area (TPSA) is 200 Å². The summed E-state index contributed by atoms with van der Waals surface area (Å²) < 4.78 is 100. The van der Waals surface area contributed by atoms with E-state index in [1.807, 2.05) is 30.3 Å². The van der Waals surface area contributed by atoms with Gasteiger partial charge in [0.25, 0.3) is 17.7 Å². The quantitative estimate of drug-likeness (QED) is 0.0630. The van der Waals surface area contributed by atoms with Gasteiger partial charge in [-0.15, -0.1) is 5.10 Å². The van der Waals surface area contributed by atoms with Crippen molar-refractivity contribution < 1.29 is 63.7 Å². The van der Waals surface area contributed by atoms with E-state index in [9.17, 15) is 40.0 Å². The molecule has 0 fully saturated rings. The molecule has 8 rings (SSSR count). The Labute approximate surface area is 364 Å². The van der Waals surface area contributed by atoms with Crippen LogP contribution in [0.1, 0.15) is 29.9 Å². The van der Waals surface area contributed by atoms with E-state index in [0.29, 0.717) is 42.2 Å². The van der Waals surface area contributed by atoms with Gasteiger partial charge in [0.15, 0.2) is 13.2 Å². The zero-order valence-electron chi connectivity index (χ0n) is 33.0. The molecule has 0 bridgehead atoms. The number of carbonyl (C=O) groups is 2. The van der Waals surface area contributed by atoms with Gasteiger partial charge in [-0.3, -0.25) is 19.8 Å². The molecule has 64 heavy (non-hydrogen) atoms. The first-order chi connectivity index (χ1) is 30.1. The molecule has 0 aliphatic carbocycles. The first-order valence-corrected chi connectivity index (χ1v) is 20.4. The molecule has 4 N–H and O–H groups in total. The van der Waals surface area contributed by atoms with Crippen LogP contribution in [0.5, 0.6) is 17.4 Å². The molecule has 0 saturated heterocycles. The standard InChI is InChI=1S/C20H18FN3O2.C15H14F3N3O5S.C6H6BFO2.CH4/c21-15-8-6-14(7-9-15)20-17-12-24(11-10-18(17)22-23-20)19(25)13-26-16-4-2-1-3-5-16;16-15(17,18)27(23,24)26-14-11-8-21(7-6-12(11)19-20-14)13(22)9-25-10-4-2-1-3-5-10;8-6-3-1-5(2-4-6)7(9)10;/h1-9H,10-13H2,(H,22,23);1-5H,6-9H2,(H,19,20);1-4,9-10H;1H4. The Bertz CT molecular complexity index is 2570. The fraction of sp³-hybridized carbons (Fsp3) is 0.238. The number of fused-ring (bicyclic) bond motifs is 2. The highest BCUT2D eigenvalue weighted by atomic mass is 32.2. The van der Waals surface area contributed by atoms with Gasteiger partial charge in [0.2, 0.25) is 0 Å². The summed E-state index contributed by atoms with van der Waals surface area (Å²) in [5, 5.41) is 30.4. The second-order valence-electron chi connectivity index (χ2n) is 13.8. The summed E-state index contributed by atoms with van der Waals surface area (Å²) in [4.78, 5) is 27.9. The number of aromatic nitrogens is 4. The van der Waals surface area contributed by atoms with E-state index in [4.69, 9.17) is 19.5 Å². The Balaban J connectivity index is 0.000000196. The fourth-order valence-electron chi connectivity index (χ4n) is 6.20. The predicted molar refractivity (Wildman–Crippen MR) is 223 cm³/mol. The van der Waals surface area contributed by atoms with Crippen molar-refractivity contribution >= 4 is 34.5 Å². The lowest BCUT2D eigenvalue weighted by molar-refractivity contribution is -0.135. The molecule has 0 spiro atoms. The van der Waals surface area contributed by atoms with Crippen molar-refractivity contribution in [2.75, 3.05) is 26.3 Å². The highest BCUT2D eigenvalue weighted by molar-refractivity contribution is 7.88. The average molecular weight is 913 g/mol. The number of benzene rings is 4. The lowest BCUT2D eigenvalue weighted by Gasteiger charge is -2.27. The smallest absolute Gasteiger partial charge is 0.484 e. The number of carbonyl (C=O) groups excluding carboxylic acids is 2. The van der Waals surface area contributed by atoms with E-state index in [-0.39, 0.29) is 63.3 Å². The van der Waals surface area contributed by atoms with Crippen LogP contribution >= 0.6 is 0 Å². The zero-order chi connectivity index (χ0) is 45.1. The molecule has 338 valence electrons. The fourth-order valence-corrected chi connectivity index (χ4v) is 6.64. The molecule has 6 aromatic rings. The molecule has 0 saturated carbocycles. The molecule has 0 unspecified atom stereocenters. The van der Waals surface area contributed by atoms with E-state index >= 15 is 0 Å². The predicted octanol–water partition coefficient (Wildman–Crippen LogP) is 4.92. The van der Waals surface area contributed by atoms with Crippen LogP contribution in [0.2, 0.25) is 0 Å². The number of hydrogen-bond donors (Lipinski definition) is 4. The first kappa shape index (κ1) is 48.3. The number of amides is 2. The summed E-state index contributed by atoms with van der Waals surface area (Å²) in [6.07, 6.45) is 0.968. The minimum absolute atomic E-state index is 0. The average Bonchev–Trinajstić information content (AvgIpc) is 3.89. The van der Waals surface area contributed by atoms with Crippen LogP contribution in [-0.2, 0) is 45.6 Å². The van der Waals surface area contributed by atoms with Crippen LogP contribution in [0.3, 0.4) is 0 Å². The molecular weight excluding hydrogens is 870 g/mol. The Morgan fingerprint density at radius 2 is 1.14 bits per heavy atom. The largest absolute Gasteiger partial charge is 0.534 e. The molecule has 2 aliphatic rings. The van der Waals surface area contributed by atoms with Gasteiger partial charge in [-0.25, -0.2) is 8.78 Å². The second-order valence-corrected chi connectivity index (χ2v) is 15.3. The maximum Gasteiger partial charge on any atom is 0.534 e. The minimum atomic E-state index is -5.85. The Kier molecular flexibility index (Phi) is 16.2. The maximum absolute atomic E-state index is 13.2. The number of H-pyrrole nitrogens is 2. The Morgan fingerprint density at radius 1 is 0.688 bits per heavy atom. The SMILES string of the molecule is C.O=C(COc1ccccc1)N1CCc2[nH]nc(-c3ccc(F)cc3)c2C1.O=C(COc1ccccc1)N1CCc2[nH]nc(OS(=O)(=O)C(F)(F)F)c2C1.OB(O)c1ccc(F)cc1. The third-order valence-electron chi connectivity index (χ3n) is 9.50. The molecule has 4 heterocycles. The van der Waals surface area contributed by atoms with Crippen molar-refractivity contribution in [2.24, 2.45) is 0 Å². The van der Waals surface area contributed by atoms with Gasteiger partial charge in [-0.05, 0) is 66.1 Å². The Hall–Kier alpha value is -6.78. The van der Waals surface area contributed by atoms with Gasteiger partial charge in [0.1, 0.15) is 23.1 Å². The number of aromatic amines is 2. The van der Waals surface area contributed by atoms with Gasteiger partial charge >= 0.3 is 22.7 Å². The van der Waals surface area contributed by atoms with Crippen molar-refractivity contribution in [3.05, 3.63) is 143 Å². The third-order valence-corrected chi connectivity index (χ3v) is 10.4. The van der Waals surface area contributed by atoms with Crippen LogP contribution in [0.4, 0.5) is 22.0 Å². The van der Waals surface area contributed by atoms with Gasteiger partial charge < -0.3 is 33.5 Å². The van der Waals surface area contributed by atoms with Crippen LogP contribution in [0, 0.1) is 11.6 Å². The van der Waals surface area contributed by atoms with Crippen molar-refractivity contribution in [1.29, 1.82) is 0 Å². The molecule has 15 nitrogen and oxygen atoms in total. The molecule has 0 atom stereocenters. The monoisotopic (exact) mass is 912 g/mol. The van der Waals surface area contributed by atoms with Crippen molar-refractivity contribution in [3.63, 3.8) is 0 Å². The van der Waals surface area contributed by atoms with E-state index in [1.165, 1.54) is 41.3 Å². The Morgan fingerprint density at radius 3 is 1.62 bits per heavy atom. The van der Waals surface area contributed by atoms with Gasteiger partial charge in [0.05, 0.1) is 17.8 Å². The van der Waals surface area contributed by atoms with Gasteiger partial charge in [-0.1, -0.05) is 56.0 Å². The highest BCUT2D eigenvalue weighted by Crippen LogP contribution is 2.32. The molecule has 2 aromatic heterocycles. The van der Waals surface area contributed by atoms with Crippen LogP contribution in [0.25, 0.3) is 11.3 Å². The number of nitrogens with one attached hydrogen (secondary N) is 2. The first-order valence-electron chi connectivity index (χ1n) is 19.0. The molecule has 2 amide bonds. The highest BCUT2D eigenvalue weighted by Gasteiger charge is 2.49. The van der Waals surface area contributed by atoms with Gasteiger partial charge in [0, 0.05) is 55.0 Å². The lowest BCUT2D eigenvalue weighted by atomic mass is 9.80. The number of halogens is 5. The van der Waals surface area contributed by atoms with Crippen molar-refractivity contribution in [2.45, 2.75) is 38.9 Å². The number of nitrogens with zero attached hydrogens (tertiary/aromatic N) is 4. The number of rotatable bonds is 10. The van der Waals surface area contributed by atoms with E-state index in [1.54, 1.807) is 47.4 Å². The number of ether oxygens (including phenoxy) is 2. The molecule has 2 aliphatic heterocycles. The maximum atomic E-state index is 13.2. The number of para-hydroxylation sites is 2. The van der Waals surface area contributed by atoms with E-state index in [0.717, 1.165) is 22.5 Å². The summed E-state index contributed by atoms with van der Waals surface area (Å²) in [6.45, 7) is 0.949. The molecular formula is C42H42BF5N6O9S. The number of hydrogen-bond acceptors (Lipinski definition) is 11. The van der Waals surface area contributed by atoms with E-state index < -0.39 is 34.5 Å². The summed E-state index contributed by atoms with van der Waals surface area (Å²) in [6, 6.07) is 29.1. The van der Waals surface area contributed by atoms with E-state index in [2.05, 4.69) is 24.6 Å².